The molecule has 0 bridgehead atoms. The van der Waals surface area contributed by atoms with Crippen molar-refractivity contribution in [3.63, 3.8) is 0 Å². The van der Waals surface area contributed by atoms with E-state index in [0.717, 1.165) is 51.1 Å². The number of amides is 1. The molecule has 1 aliphatic rings. The summed E-state index contributed by atoms with van der Waals surface area (Å²) in [5.74, 6) is 1.06. The van der Waals surface area contributed by atoms with E-state index in [1.807, 2.05) is 22.8 Å². The van der Waals surface area contributed by atoms with Gasteiger partial charge < -0.3 is 25.3 Å². The zero-order valence-corrected chi connectivity index (χ0v) is 17.1. The second-order valence-electron chi connectivity index (χ2n) is 7.54. The number of nitrogens with zero attached hydrogens (tertiary/aromatic N) is 5. The van der Waals surface area contributed by atoms with E-state index >= 15 is 0 Å². The van der Waals surface area contributed by atoms with Crippen molar-refractivity contribution in [2.45, 2.75) is 31.8 Å². The van der Waals surface area contributed by atoms with E-state index in [-0.39, 0.29) is 11.9 Å². The average Bonchev–Trinajstić information content (AvgIpc) is 3.19. The number of ether oxygens (including phenoxy) is 1. The number of anilines is 1. The lowest BCUT2D eigenvalue weighted by molar-refractivity contribution is 0.0910. The molecule has 0 atom stereocenters. The van der Waals surface area contributed by atoms with E-state index in [4.69, 9.17) is 10.5 Å². The standard InChI is InChI=1S/C21H27N7O2/c1-30-17-5-2-4-15(12-17)21(29)26-16-6-10-27(11-7-16)8-3-9-28-14-25-18-19(22)23-13-24-20(18)28/h2,4-5,12-14,16H,3,6-11H2,1H3,(H,26,29)(H2,22,23,24). The Balaban J connectivity index is 1.22. The highest BCUT2D eigenvalue weighted by atomic mass is 16.5. The van der Waals surface area contributed by atoms with Gasteiger partial charge in [0.15, 0.2) is 11.5 Å². The molecule has 0 radical (unpaired) electrons. The highest BCUT2D eigenvalue weighted by molar-refractivity contribution is 5.94. The van der Waals surface area contributed by atoms with Crippen LogP contribution < -0.4 is 15.8 Å². The minimum atomic E-state index is -0.0411. The van der Waals surface area contributed by atoms with Crippen LogP contribution in [0.25, 0.3) is 11.2 Å². The molecule has 0 unspecified atom stereocenters. The molecule has 3 N–H and O–H groups in total. The predicted molar refractivity (Wildman–Crippen MR) is 114 cm³/mol. The molecule has 1 aromatic carbocycles. The van der Waals surface area contributed by atoms with E-state index in [1.54, 1.807) is 19.5 Å². The number of aromatic nitrogens is 4. The number of likely N-dealkylation sites (tertiary alicyclic amines) is 1. The quantitative estimate of drug-likeness (QED) is 0.611. The third kappa shape index (κ3) is 4.51. The molecule has 0 spiro atoms. The first-order valence-corrected chi connectivity index (χ1v) is 10.2. The van der Waals surface area contributed by atoms with Gasteiger partial charge in [-0.2, -0.15) is 0 Å². The first kappa shape index (κ1) is 20.1. The van der Waals surface area contributed by atoms with E-state index in [9.17, 15) is 4.79 Å². The molecule has 9 nitrogen and oxygen atoms in total. The number of nitrogens with one attached hydrogen (secondary N) is 1. The average molecular weight is 409 g/mol. The summed E-state index contributed by atoms with van der Waals surface area (Å²) >= 11 is 0. The van der Waals surface area contributed by atoms with Crippen molar-refractivity contribution < 1.29 is 9.53 Å². The summed E-state index contributed by atoms with van der Waals surface area (Å²) < 4.78 is 7.22. The molecule has 1 amide bonds. The molecule has 0 saturated carbocycles. The minimum absolute atomic E-state index is 0.0411. The third-order valence-corrected chi connectivity index (χ3v) is 5.56. The van der Waals surface area contributed by atoms with E-state index in [1.165, 1.54) is 6.33 Å². The lowest BCUT2D eigenvalue weighted by atomic mass is 10.0. The molecule has 0 aliphatic carbocycles. The third-order valence-electron chi connectivity index (χ3n) is 5.56. The molecule has 1 saturated heterocycles. The van der Waals surface area contributed by atoms with Gasteiger partial charge in [-0.3, -0.25) is 4.79 Å². The predicted octanol–water partition coefficient (Wildman–Crippen LogP) is 1.70. The molecular weight excluding hydrogens is 382 g/mol. The fourth-order valence-corrected chi connectivity index (χ4v) is 3.86. The molecule has 3 aromatic rings. The second-order valence-corrected chi connectivity index (χ2v) is 7.54. The Hall–Kier alpha value is -3.20. The molecule has 30 heavy (non-hydrogen) atoms. The Labute approximate surface area is 175 Å². The number of fused-ring (bicyclic) bond motifs is 1. The number of rotatable bonds is 7. The van der Waals surface area contributed by atoms with Gasteiger partial charge in [0.25, 0.3) is 5.91 Å². The van der Waals surface area contributed by atoms with Crippen LogP contribution in [0.5, 0.6) is 5.75 Å². The number of carbonyl (C=O) groups excluding carboxylic acids is 1. The number of benzene rings is 1. The molecule has 9 heteroatoms. The molecule has 158 valence electrons. The molecule has 1 aliphatic heterocycles. The van der Waals surface area contributed by atoms with Crippen LogP contribution in [0.3, 0.4) is 0 Å². The molecule has 4 rings (SSSR count). The zero-order chi connectivity index (χ0) is 20.9. The SMILES string of the molecule is COc1cccc(C(=O)NC2CCN(CCCn3cnc4c(N)ncnc43)CC2)c1. The zero-order valence-electron chi connectivity index (χ0n) is 17.1. The van der Waals surface area contributed by atoms with Crippen molar-refractivity contribution in [3.8, 4) is 5.75 Å². The largest absolute Gasteiger partial charge is 0.497 e. The first-order chi connectivity index (χ1) is 14.6. The van der Waals surface area contributed by atoms with Gasteiger partial charge in [0.1, 0.15) is 17.6 Å². The van der Waals surface area contributed by atoms with E-state index in [0.29, 0.717) is 22.6 Å². The number of imidazole rings is 1. The number of nitrogen functional groups attached to an aromatic ring is 1. The first-order valence-electron chi connectivity index (χ1n) is 10.2. The number of hydrogen-bond acceptors (Lipinski definition) is 7. The van der Waals surface area contributed by atoms with Crippen LogP contribution in [0.1, 0.15) is 29.6 Å². The van der Waals surface area contributed by atoms with Crippen molar-refractivity contribution in [1.82, 2.24) is 29.7 Å². The van der Waals surface area contributed by atoms with Crippen LogP contribution in [0.4, 0.5) is 5.82 Å². The van der Waals surface area contributed by atoms with Crippen molar-refractivity contribution in [2.75, 3.05) is 32.5 Å². The summed E-state index contributed by atoms with van der Waals surface area (Å²) in [4.78, 5) is 27.5. The summed E-state index contributed by atoms with van der Waals surface area (Å²) in [5, 5.41) is 3.15. The van der Waals surface area contributed by atoms with Crippen LogP contribution in [-0.4, -0.2) is 63.1 Å². The molecule has 3 heterocycles. The van der Waals surface area contributed by atoms with Gasteiger partial charge in [-0.15, -0.1) is 0 Å². The highest BCUT2D eigenvalue weighted by Gasteiger charge is 2.21. The smallest absolute Gasteiger partial charge is 0.251 e. The lowest BCUT2D eigenvalue weighted by Gasteiger charge is -2.32. The fraction of sp³-hybridized carbons (Fsp3) is 0.429. The van der Waals surface area contributed by atoms with Crippen molar-refractivity contribution >= 4 is 22.9 Å². The summed E-state index contributed by atoms with van der Waals surface area (Å²) in [7, 11) is 1.60. The Kier molecular flexibility index (Phi) is 6.08. The fourth-order valence-electron chi connectivity index (χ4n) is 3.86. The maximum absolute atomic E-state index is 12.5. The normalized spacial score (nSPS) is 15.4. The monoisotopic (exact) mass is 409 g/mol. The molecule has 1 fully saturated rings. The van der Waals surface area contributed by atoms with E-state index < -0.39 is 0 Å². The van der Waals surface area contributed by atoms with Gasteiger partial charge >= 0.3 is 0 Å². The number of methoxy groups -OCH3 is 1. The topological polar surface area (TPSA) is 111 Å². The van der Waals surface area contributed by atoms with Crippen LogP contribution in [0.15, 0.2) is 36.9 Å². The van der Waals surface area contributed by atoms with Crippen molar-refractivity contribution in [1.29, 1.82) is 0 Å². The van der Waals surface area contributed by atoms with Crippen LogP contribution >= 0.6 is 0 Å². The Bertz CT molecular complexity index is 1010. The van der Waals surface area contributed by atoms with Gasteiger partial charge in [0, 0.05) is 31.2 Å². The molecule has 2 aromatic heterocycles. The number of aryl methyl sites for hydroxylation is 1. The van der Waals surface area contributed by atoms with Gasteiger partial charge in [0.05, 0.1) is 13.4 Å². The molecular formula is C21H27N7O2. The van der Waals surface area contributed by atoms with Crippen molar-refractivity contribution in [3.05, 3.63) is 42.5 Å². The van der Waals surface area contributed by atoms with Gasteiger partial charge in [-0.1, -0.05) is 6.07 Å². The number of piperidine rings is 1. The summed E-state index contributed by atoms with van der Waals surface area (Å²) in [6, 6.07) is 7.45. The maximum Gasteiger partial charge on any atom is 0.251 e. The number of carbonyl (C=O) groups is 1. The van der Waals surface area contributed by atoms with E-state index in [2.05, 4.69) is 25.2 Å². The number of hydrogen-bond donors (Lipinski definition) is 2. The highest BCUT2D eigenvalue weighted by Crippen LogP contribution is 2.17. The Morgan fingerprint density at radius 2 is 2.07 bits per heavy atom. The maximum atomic E-state index is 12.5. The van der Waals surface area contributed by atoms with Crippen LogP contribution in [-0.2, 0) is 6.54 Å². The Morgan fingerprint density at radius 3 is 2.87 bits per heavy atom. The van der Waals surface area contributed by atoms with Crippen LogP contribution in [0, 0.1) is 0 Å². The van der Waals surface area contributed by atoms with Crippen LogP contribution in [0.2, 0.25) is 0 Å². The minimum Gasteiger partial charge on any atom is -0.497 e. The summed E-state index contributed by atoms with van der Waals surface area (Å²) in [6.45, 7) is 3.78. The number of nitrogens with two attached hydrogens (primary N) is 1. The van der Waals surface area contributed by atoms with Gasteiger partial charge in [-0.25, -0.2) is 15.0 Å². The van der Waals surface area contributed by atoms with Gasteiger partial charge in [-0.05, 0) is 44.0 Å². The summed E-state index contributed by atoms with van der Waals surface area (Å²) in [6.07, 6.45) is 6.15. The van der Waals surface area contributed by atoms with Crippen molar-refractivity contribution in [2.24, 2.45) is 0 Å². The summed E-state index contributed by atoms with van der Waals surface area (Å²) in [5.41, 5.74) is 7.91. The van der Waals surface area contributed by atoms with Gasteiger partial charge in [0.2, 0.25) is 0 Å². The second kappa shape index (κ2) is 9.08. The Morgan fingerprint density at radius 1 is 1.23 bits per heavy atom. The lowest BCUT2D eigenvalue weighted by Crippen LogP contribution is -2.44.